The van der Waals surface area contributed by atoms with Crippen LogP contribution in [0.1, 0.15) is 38.4 Å². The van der Waals surface area contributed by atoms with Crippen LogP contribution in [0.5, 0.6) is 0 Å². The smallest absolute Gasteiger partial charge is 0.240 e. The highest BCUT2D eigenvalue weighted by molar-refractivity contribution is 5.81. The average Bonchev–Trinajstić information content (AvgIpc) is 2.78. The number of hydrogen-bond donors (Lipinski definition) is 1. The third-order valence-corrected chi connectivity index (χ3v) is 4.60. The van der Waals surface area contributed by atoms with Crippen molar-refractivity contribution in [2.24, 2.45) is 5.92 Å². The summed E-state index contributed by atoms with van der Waals surface area (Å²) in [6.45, 7) is 4.55. The quantitative estimate of drug-likeness (QED) is 0.942. The summed E-state index contributed by atoms with van der Waals surface area (Å²) in [6, 6.07) is 8.30. The van der Waals surface area contributed by atoms with Crippen molar-refractivity contribution in [1.82, 2.24) is 14.9 Å². The van der Waals surface area contributed by atoms with Crippen LogP contribution in [0.4, 0.5) is 0 Å². The predicted octanol–water partition coefficient (Wildman–Crippen LogP) is 3.04. The normalized spacial score (nSPS) is 22.4. The maximum atomic E-state index is 12.4. The number of aryl methyl sites for hydroxylation is 1. The van der Waals surface area contributed by atoms with Crippen LogP contribution in [-0.2, 0) is 11.3 Å². The number of nitrogens with one attached hydrogen (secondary N) is 1. The number of rotatable bonds is 3. The van der Waals surface area contributed by atoms with Gasteiger partial charge >= 0.3 is 0 Å². The third-order valence-electron chi connectivity index (χ3n) is 4.60. The van der Waals surface area contributed by atoms with Gasteiger partial charge in [-0.15, -0.1) is 0 Å². The molecular weight excluding hydrogens is 262 g/mol. The molecule has 21 heavy (non-hydrogen) atoms. The molecule has 1 fully saturated rings. The highest BCUT2D eigenvalue weighted by atomic mass is 16.2. The first-order valence-electron chi connectivity index (χ1n) is 7.86. The second kappa shape index (κ2) is 5.88. The summed E-state index contributed by atoms with van der Waals surface area (Å²) >= 11 is 0. The molecule has 1 aromatic carbocycles. The van der Waals surface area contributed by atoms with Gasteiger partial charge in [-0.25, -0.2) is 4.98 Å². The van der Waals surface area contributed by atoms with Gasteiger partial charge in [0, 0.05) is 6.04 Å². The van der Waals surface area contributed by atoms with E-state index in [4.69, 9.17) is 0 Å². The average molecular weight is 285 g/mol. The van der Waals surface area contributed by atoms with E-state index < -0.39 is 0 Å². The molecule has 2 atom stereocenters. The van der Waals surface area contributed by atoms with Crippen LogP contribution < -0.4 is 5.32 Å². The summed E-state index contributed by atoms with van der Waals surface area (Å²) in [5, 5.41) is 3.21. The highest BCUT2D eigenvalue weighted by Gasteiger charge is 2.23. The predicted molar refractivity (Wildman–Crippen MR) is 84.0 cm³/mol. The van der Waals surface area contributed by atoms with E-state index in [-0.39, 0.29) is 5.91 Å². The molecular formula is C17H23N3O. The van der Waals surface area contributed by atoms with Gasteiger partial charge in [-0.05, 0) is 37.8 Å². The molecule has 0 aliphatic heterocycles. The van der Waals surface area contributed by atoms with Crippen molar-refractivity contribution in [1.29, 1.82) is 0 Å². The first kappa shape index (κ1) is 14.1. The maximum Gasteiger partial charge on any atom is 0.240 e. The Balaban J connectivity index is 1.73. The number of hydrogen-bond acceptors (Lipinski definition) is 2. The lowest BCUT2D eigenvalue weighted by Crippen LogP contribution is -2.42. The topological polar surface area (TPSA) is 46.9 Å². The maximum absolute atomic E-state index is 12.4. The molecule has 0 unspecified atom stereocenters. The number of benzene rings is 1. The summed E-state index contributed by atoms with van der Waals surface area (Å²) in [5.74, 6) is 1.58. The Bertz CT molecular complexity index is 647. The van der Waals surface area contributed by atoms with Crippen molar-refractivity contribution >= 4 is 16.9 Å². The number of nitrogens with zero attached hydrogens (tertiary/aromatic N) is 2. The van der Waals surface area contributed by atoms with Crippen LogP contribution in [0.15, 0.2) is 24.3 Å². The van der Waals surface area contributed by atoms with E-state index >= 15 is 0 Å². The Morgan fingerprint density at radius 2 is 2.10 bits per heavy atom. The van der Waals surface area contributed by atoms with Crippen molar-refractivity contribution in [2.75, 3.05) is 0 Å². The largest absolute Gasteiger partial charge is 0.352 e. The minimum atomic E-state index is 0.0972. The van der Waals surface area contributed by atoms with Crippen molar-refractivity contribution in [3.8, 4) is 0 Å². The molecule has 0 saturated heterocycles. The van der Waals surface area contributed by atoms with Crippen molar-refractivity contribution in [2.45, 2.75) is 52.1 Å². The SMILES string of the molecule is Cc1nc2ccccc2n1CC(=O)N[C@H]1CCCC[C@H]1C. The zero-order valence-corrected chi connectivity index (χ0v) is 12.8. The molecule has 1 saturated carbocycles. The molecule has 1 amide bonds. The lowest BCUT2D eigenvalue weighted by Gasteiger charge is -2.29. The standard InChI is InChI=1S/C17H23N3O/c1-12-7-3-4-8-14(12)19-17(21)11-20-13(2)18-15-9-5-6-10-16(15)20/h5-6,9-10,12,14H,3-4,7-8,11H2,1-2H3,(H,19,21)/t12-,14+/m1/s1. The summed E-state index contributed by atoms with van der Waals surface area (Å²) in [5.41, 5.74) is 1.98. The van der Waals surface area contributed by atoms with E-state index in [9.17, 15) is 4.79 Å². The van der Waals surface area contributed by atoms with Crippen LogP contribution in [0.25, 0.3) is 11.0 Å². The van der Waals surface area contributed by atoms with Crippen LogP contribution in [0.3, 0.4) is 0 Å². The summed E-state index contributed by atoms with van der Waals surface area (Å²) < 4.78 is 2.00. The molecule has 1 N–H and O–H groups in total. The van der Waals surface area contributed by atoms with Crippen LogP contribution in [0, 0.1) is 12.8 Å². The van der Waals surface area contributed by atoms with Gasteiger partial charge in [0.1, 0.15) is 12.4 Å². The zero-order valence-electron chi connectivity index (χ0n) is 12.8. The fourth-order valence-electron chi connectivity index (χ4n) is 3.32. The molecule has 112 valence electrons. The van der Waals surface area contributed by atoms with Gasteiger partial charge in [0.25, 0.3) is 0 Å². The van der Waals surface area contributed by atoms with Crippen LogP contribution in [0.2, 0.25) is 0 Å². The third kappa shape index (κ3) is 2.94. The Morgan fingerprint density at radius 3 is 2.90 bits per heavy atom. The number of para-hydroxylation sites is 2. The first-order chi connectivity index (χ1) is 10.1. The second-order valence-corrected chi connectivity index (χ2v) is 6.17. The Hall–Kier alpha value is -1.84. The van der Waals surface area contributed by atoms with Gasteiger partial charge in [0.15, 0.2) is 0 Å². The molecule has 0 radical (unpaired) electrons. The highest BCUT2D eigenvalue weighted by Crippen LogP contribution is 2.23. The van der Waals surface area contributed by atoms with E-state index in [1.807, 2.05) is 35.8 Å². The summed E-state index contributed by atoms with van der Waals surface area (Å²) in [6.07, 6.45) is 4.84. The molecule has 1 aliphatic carbocycles. The molecule has 4 nitrogen and oxygen atoms in total. The molecule has 0 spiro atoms. The summed E-state index contributed by atoms with van der Waals surface area (Å²) in [4.78, 5) is 16.9. The van der Waals surface area contributed by atoms with Crippen LogP contribution in [-0.4, -0.2) is 21.5 Å². The van der Waals surface area contributed by atoms with Gasteiger partial charge in [0.2, 0.25) is 5.91 Å². The summed E-state index contributed by atoms with van der Waals surface area (Å²) in [7, 11) is 0. The van der Waals surface area contributed by atoms with Crippen molar-refractivity contribution in [3.05, 3.63) is 30.1 Å². The molecule has 2 aromatic rings. The molecule has 1 heterocycles. The van der Waals surface area contributed by atoms with E-state index in [0.29, 0.717) is 18.5 Å². The van der Waals surface area contributed by atoms with E-state index in [2.05, 4.69) is 17.2 Å². The number of fused-ring (bicyclic) bond motifs is 1. The van der Waals surface area contributed by atoms with E-state index in [0.717, 1.165) is 23.3 Å². The lowest BCUT2D eigenvalue weighted by molar-refractivity contribution is -0.122. The number of aromatic nitrogens is 2. The van der Waals surface area contributed by atoms with Gasteiger partial charge in [-0.2, -0.15) is 0 Å². The fourth-order valence-corrected chi connectivity index (χ4v) is 3.32. The molecule has 1 aromatic heterocycles. The molecule has 4 heteroatoms. The Kier molecular flexibility index (Phi) is 3.95. The Morgan fingerprint density at radius 1 is 1.33 bits per heavy atom. The van der Waals surface area contributed by atoms with Gasteiger partial charge in [0.05, 0.1) is 11.0 Å². The fraction of sp³-hybridized carbons (Fsp3) is 0.529. The number of amides is 1. The molecule has 3 rings (SSSR count). The lowest BCUT2D eigenvalue weighted by atomic mass is 9.86. The minimum Gasteiger partial charge on any atom is -0.352 e. The van der Waals surface area contributed by atoms with Crippen molar-refractivity contribution in [3.63, 3.8) is 0 Å². The number of carbonyl (C=O) groups is 1. The second-order valence-electron chi connectivity index (χ2n) is 6.17. The first-order valence-corrected chi connectivity index (χ1v) is 7.86. The van der Waals surface area contributed by atoms with E-state index in [1.165, 1.54) is 19.3 Å². The zero-order chi connectivity index (χ0) is 14.8. The number of carbonyl (C=O) groups excluding carboxylic acids is 1. The van der Waals surface area contributed by atoms with Crippen LogP contribution >= 0.6 is 0 Å². The molecule has 0 bridgehead atoms. The van der Waals surface area contributed by atoms with Gasteiger partial charge in [-0.1, -0.05) is 31.9 Å². The Labute approximate surface area is 125 Å². The van der Waals surface area contributed by atoms with Gasteiger partial charge in [-0.3, -0.25) is 4.79 Å². The minimum absolute atomic E-state index is 0.0972. The number of imidazole rings is 1. The van der Waals surface area contributed by atoms with Gasteiger partial charge < -0.3 is 9.88 Å². The monoisotopic (exact) mass is 285 g/mol. The van der Waals surface area contributed by atoms with E-state index in [1.54, 1.807) is 0 Å². The molecule has 1 aliphatic rings. The van der Waals surface area contributed by atoms with Crippen molar-refractivity contribution < 1.29 is 4.79 Å².